The zero-order valence-corrected chi connectivity index (χ0v) is 16.5. The van der Waals surface area contributed by atoms with E-state index in [-0.39, 0.29) is 5.41 Å². The molecule has 2 rings (SSSR count). The Morgan fingerprint density at radius 3 is 2.26 bits per heavy atom. The smallest absolute Gasteiger partial charge is 0.168 e. The van der Waals surface area contributed by atoms with Crippen molar-refractivity contribution in [2.75, 3.05) is 21.3 Å². The van der Waals surface area contributed by atoms with Crippen molar-refractivity contribution in [3.05, 3.63) is 34.5 Å². The van der Waals surface area contributed by atoms with Crippen LogP contribution in [0.2, 0.25) is 0 Å². The average molecular weight is 384 g/mol. The number of halogens is 1. The number of aldehydes is 1. The molecule has 1 aliphatic rings. The summed E-state index contributed by atoms with van der Waals surface area (Å²) < 4.78 is 10.5. The van der Waals surface area contributed by atoms with Crippen LogP contribution in [-0.4, -0.2) is 32.6 Å². The van der Waals surface area contributed by atoms with Gasteiger partial charge in [-0.2, -0.15) is 0 Å². The van der Waals surface area contributed by atoms with E-state index in [4.69, 9.17) is 4.74 Å². The summed E-state index contributed by atoms with van der Waals surface area (Å²) in [6.45, 7) is 8.21. The number of rotatable bonds is 2. The first kappa shape index (κ1) is 21.5. The molecule has 0 bridgehead atoms. The second-order valence-corrected chi connectivity index (χ2v) is 6.04. The molecule has 0 aromatic carbocycles. The van der Waals surface area contributed by atoms with Gasteiger partial charge in [0.05, 0.1) is 12.5 Å². The minimum atomic E-state index is -0.0953. The Kier molecular flexibility index (Phi) is 9.68. The largest absolute Gasteiger partial charge is 0.496 e. The standard InChI is InChI=1S/C14H14BrNO2.C2H6O.C2H6/c1-14(2)5-4-11(15)13-10(7-14)12(18-3)6-9(8-17)16-13;1-3-2;1-2/h4-8H,1-3H3;1-2H3;1-2H3. The average Bonchev–Trinajstić information content (AvgIpc) is 2.66. The van der Waals surface area contributed by atoms with Crippen molar-refractivity contribution in [2.45, 2.75) is 27.7 Å². The molecule has 1 aromatic rings. The number of hydrogen-bond acceptors (Lipinski definition) is 4. The predicted octanol–water partition coefficient (Wildman–Crippen LogP) is 3.07. The monoisotopic (exact) mass is 383 g/mol. The van der Waals surface area contributed by atoms with E-state index in [0.717, 1.165) is 21.3 Å². The number of carbonyl (C=O) groups excluding carboxylic acids is 1. The lowest BCUT2D eigenvalue weighted by atomic mass is 9.92. The van der Waals surface area contributed by atoms with Crippen LogP contribution in [0, 0.1) is 5.41 Å². The third kappa shape index (κ3) is 6.28. The topological polar surface area (TPSA) is 48.4 Å². The number of allylic oxidation sites excluding steroid dienone is 2. The lowest BCUT2D eigenvalue weighted by Crippen LogP contribution is -2.32. The fraction of sp³-hybridized carbons (Fsp3) is 0.444. The van der Waals surface area contributed by atoms with Gasteiger partial charge in [-0.25, -0.2) is 4.98 Å². The van der Waals surface area contributed by atoms with Gasteiger partial charge in [0.1, 0.15) is 11.4 Å². The molecule has 0 aliphatic heterocycles. The van der Waals surface area contributed by atoms with Crippen molar-refractivity contribution in [1.82, 2.24) is 4.98 Å². The molecule has 4 nitrogen and oxygen atoms in total. The van der Waals surface area contributed by atoms with Crippen molar-refractivity contribution in [1.29, 1.82) is 0 Å². The molecule has 0 saturated heterocycles. The van der Waals surface area contributed by atoms with Crippen molar-refractivity contribution >= 4 is 32.8 Å². The van der Waals surface area contributed by atoms with Gasteiger partial charge < -0.3 is 9.47 Å². The third-order valence-electron chi connectivity index (χ3n) is 2.78. The maximum Gasteiger partial charge on any atom is 0.168 e. The summed E-state index contributed by atoms with van der Waals surface area (Å²) in [5.74, 6) is 0.663. The molecular weight excluding hydrogens is 358 g/mol. The molecule has 0 radical (unpaired) electrons. The lowest BCUT2D eigenvalue weighted by molar-refractivity contribution is 0.111. The van der Waals surface area contributed by atoms with Gasteiger partial charge in [0.15, 0.2) is 6.29 Å². The Bertz CT molecular complexity index is 664. The third-order valence-corrected chi connectivity index (χ3v) is 3.42. The molecule has 1 aromatic heterocycles. The summed E-state index contributed by atoms with van der Waals surface area (Å²) in [5.41, 5.74) is 0.270. The van der Waals surface area contributed by atoms with E-state index in [9.17, 15) is 4.79 Å². The van der Waals surface area contributed by atoms with Crippen molar-refractivity contribution in [3.63, 3.8) is 0 Å². The second kappa shape index (κ2) is 10.3. The molecule has 0 atom stereocenters. The van der Waals surface area contributed by atoms with Crippen LogP contribution in [0.3, 0.4) is 0 Å². The number of methoxy groups -OCH3 is 2. The number of ether oxygens (including phenoxy) is 2. The highest BCUT2D eigenvalue weighted by Gasteiger charge is 2.15. The first-order chi connectivity index (χ1) is 10.9. The van der Waals surface area contributed by atoms with Gasteiger partial charge in [-0.3, -0.25) is 4.79 Å². The highest BCUT2D eigenvalue weighted by Crippen LogP contribution is 2.23. The SMILES string of the molecule is CC.COC.COc1cc(C=O)nc2c1=CC(C)(C)C=CC=2Br. The summed E-state index contributed by atoms with van der Waals surface area (Å²) in [5, 5.41) is 1.64. The lowest BCUT2D eigenvalue weighted by Gasteiger charge is -2.13. The highest BCUT2D eigenvalue weighted by atomic mass is 79.9. The summed E-state index contributed by atoms with van der Waals surface area (Å²) in [6, 6.07) is 1.66. The minimum Gasteiger partial charge on any atom is -0.496 e. The van der Waals surface area contributed by atoms with Crippen molar-refractivity contribution < 1.29 is 14.3 Å². The molecule has 0 amide bonds. The maximum absolute atomic E-state index is 10.9. The molecule has 0 saturated carbocycles. The van der Waals surface area contributed by atoms with Crippen LogP contribution in [0.15, 0.2) is 18.2 Å². The Labute approximate surface area is 147 Å². The van der Waals surface area contributed by atoms with E-state index in [1.165, 1.54) is 0 Å². The van der Waals surface area contributed by atoms with E-state index in [0.29, 0.717) is 11.4 Å². The summed E-state index contributed by atoms with van der Waals surface area (Å²) in [7, 11) is 4.84. The molecule has 0 N–H and O–H groups in total. The van der Waals surface area contributed by atoms with Gasteiger partial charge in [-0.15, -0.1) is 0 Å². The molecule has 5 heteroatoms. The Hall–Kier alpha value is -1.46. The number of aromatic nitrogens is 1. The van der Waals surface area contributed by atoms with Crippen LogP contribution >= 0.6 is 15.9 Å². The first-order valence-electron chi connectivity index (χ1n) is 7.40. The Morgan fingerprint density at radius 1 is 1.22 bits per heavy atom. The number of hydrogen-bond donors (Lipinski definition) is 0. The maximum atomic E-state index is 10.9. The van der Waals surface area contributed by atoms with Crippen LogP contribution in [-0.2, 0) is 4.74 Å². The molecular formula is C18H26BrNO3. The fourth-order valence-corrected chi connectivity index (χ4v) is 2.32. The van der Waals surface area contributed by atoms with Crippen LogP contribution in [0.4, 0.5) is 0 Å². The van der Waals surface area contributed by atoms with Crippen molar-refractivity contribution in [3.8, 4) is 5.75 Å². The molecule has 0 spiro atoms. The van der Waals surface area contributed by atoms with Crippen LogP contribution in [0.25, 0.3) is 10.6 Å². The van der Waals surface area contributed by atoms with Gasteiger partial charge >= 0.3 is 0 Å². The number of nitrogens with zero attached hydrogens (tertiary/aromatic N) is 1. The number of fused-ring (bicyclic) bond motifs is 1. The summed E-state index contributed by atoms with van der Waals surface area (Å²) in [6.07, 6.45) is 6.86. The zero-order chi connectivity index (χ0) is 18.0. The zero-order valence-electron chi connectivity index (χ0n) is 14.9. The van der Waals surface area contributed by atoms with E-state index >= 15 is 0 Å². The van der Waals surface area contributed by atoms with Gasteiger partial charge in [-0.05, 0) is 22.0 Å². The number of carbonyl (C=O) groups is 1. The molecule has 23 heavy (non-hydrogen) atoms. The van der Waals surface area contributed by atoms with E-state index < -0.39 is 0 Å². The van der Waals surface area contributed by atoms with Gasteiger partial charge in [0, 0.05) is 35.4 Å². The summed E-state index contributed by atoms with van der Waals surface area (Å²) >= 11 is 3.49. The van der Waals surface area contributed by atoms with Crippen LogP contribution in [0.1, 0.15) is 38.2 Å². The van der Waals surface area contributed by atoms with E-state index in [1.54, 1.807) is 27.4 Å². The van der Waals surface area contributed by atoms with E-state index in [2.05, 4.69) is 51.7 Å². The Morgan fingerprint density at radius 2 is 1.78 bits per heavy atom. The Balaban J connectivity index is 0.000000868. The van der Waals surface area contributed by atoms with Gasteiger partial charge in [0.25, 0.3) is 0 Å². The predicted molar refractivity (Wildman–Crippen MR) is 99.4 cm³/mol. The van der Waals surface area contributed by atoms with Crippen molar-refractivity contribution in [2.24, 2.45) is 5.41 Å². The molecule has 0 fully saturated rings. The first-order valence-corrected chi connectivity index (χ1v) is 8.20. The fourth-order valence-electron chi connectivity index (χ4n) is 1.89. The molecule has 1 heterocycles. The van der Waals surface area contributed by atoms with Crippen LogP contribution < -0.4 is 15.3 Å². The second-order valence-electron chi connectivity index (χ2n) is 5.18. The van der Waals surface area contributed by atoms with Gasteiger partial charge in [0.2, 0.25) is 0 Å². The molecule has 1 aliphatic carbocycles. The normalized spacial score (nSPS) is 14.0. The van der Waals surface area contributed by atoms with Crippen LogP contribution in [0.5, 0.6) is 5.75 Å². The summed E-state index contributed by atoms with van der Waals surface area (Å²) in [4.78, 5) is 15.2. The highest BCUT2D eigenvalue weighted by molar-refractivity contribution is 9.15. The molecule has 128 valence electrons. The quantitative estimate of drug-likeness (QED) is 0.736. The van der Waals surface area contributed by atoms with Gasteiger partial charge in [-0.1, -0.05) is 39.8 Å². The van der Waals surface area contributed by atoms with E-state index in [1.807, 2.05) is 19.9 Å². The molecule has 0 unspecified atom stereocenters. The number of pyridine rings is 1. The minimum absolute atomic E-state index is 0.0953.